The molecule has 1 saturated carbocycles. The number of halogens is 3. The monoisotopic (exact) mass is 320 g/mol. The van der Waals surface area contributed by atoms with E-state index in [-0.39, 0.29) is 17.8 Å². The molecule has 2 nitrogen and oxygen atoms in total. The van der Waals surface area contributed by atoms with Gasteiger partial charge in [-0.05, 0) is 26.2 Å². The van der Waals surface area contributed by atoms with Crippen LogP contribution in [-0.2, 0) is 4.79 Å². The molecule has 0 aromatic carbocycles. The van der Waals surface area contributed by atoms with Crippen molar-refractivity contribution in [2.75, 3.05) is 0 Å². The van der Waals surface area contributed by atoms with Gasteiger partial charge in [-0.25, -0.2) is 0 Å². The average Bonchev–Trinajstić information content (AvgIpc) is 2.43. The fourth-order valence-electron chi connectivity index (χ4n) is 3.39. The zero-order chi connectivity index (χ0) is 17.2. The molecule has 1 fully saturated rings. The molecule has 0 spiro atoms. The molecule has 0 amide bonds. The molecule has 0 aliphatic heterocycles. The Hall–Kier alpha value is -1.00. The fraction of sp³-hybridized carbons (Fsp3) is 0.824. The second-order valence-electron chi connectivity index (χ2n) is 7.13. The molecule has 1 unspecified atom stereocenters. The zero-order valence-electron chi connectivity index (χ0n) is 13.9. The number of carbonyl (C=O) groups excluding carboxylic acids is 1. The molecule has 1 N–H and O–H groups in total. The molecule has 0 bridgehead atoms. The number of ketones is 1. The minimum atomic E-state index is -4.38. The van der Waals surface area contributed by atoms with E-state index in [9.17, 15) is 23.1 Å². The van der Waals surface area contributed by atoms with Crippen molar-refractivity contribution in [2.24, 2.45) is 10.8 Å². The first-order valence-electron chi connectivity index (χ1n) is 7.97. The van der Waals surface area contributed by atoms with Crippen molar-refractivity contribution in [3.05, 3.63) is 11.3 Å². The van der Waals surface area contributed by atoms with Crippen LogP contribution in [0.5, 0.6) is 0 Å². The summed E-state index contributed by atoms with van der Waals surface area (Å²) in [7, 11) is 0. The summed E-state index contributed by atoms with van der Waals surface area (Å²) in [6.45, 7) is 6.29. The highest BCUT2D eigenvalue weighted by Crippen LogP contribution is 2.44. The van der Waals surface area contributed by atoms with Crippen molar-refractivity contribution >= 4 is 5.78 Å². The van der Waals surface area contributed by atoms with E-state index in [4.69, 9.17) is 0 Å². The Morgan fingerprint density at radius 2 is 1.68 bits per heavy atom. The van der Waals surface area contributed by atoms with Gasteiger partial charge in [0.15, 0.2) is 5.78 Å². The average molecular weight is 320 g/mol. The van der Waals surface area contributed by atoms with Crippen molar-refractivity contribution in [2.45, 2.75) is 78.8 Å². The number of hydrogen-bond donors (Lipinski definition) is 1. The molecule has 1 rings (SSSR count). The Morgan fingerprint density at radius 1 is 1.18 bits per heavy atom. The summed E-state index contributed by atoms with van der Waals surface area (Å²) in [6, 6.07) is 0. The third kappa shape index (κ3) is 4.26. The highest BCUT2D eigenvalue weighted by Gasteiger charge is 2.44. The standard InChI is InChI=1S/C17H27F3O2/c1-5-15(3,11-17(18,19)20)13(21)12(2)14(22)16(4)9-7-6-8-10-16/h21H,5-11H2,1-4H3/b13-12-. The number of aliphatic hydroxyl groups is 1. The van der Waals surface area contributed by atoms with Gasteiger partial charge in [0.25, 0.3) is 0 Å². The molecule has 1 aliphatic rings. The van der Waals surface area contributed by atoms with Crippen molar-refractivity contribution in [3.8, 4) is 0 Å². The van der Waals surface area contributed by atoms with Crippen LogP contribution in [0.25, 0.3) is 0 Å². The van der Waals surface area contributed by atoms with E-state index in [0.717, 1.165) is 32.1 Å². The van der Waals surface area contributed by atoms with Gasteiger partial charge >= 0.3 is 6.18 Å². The van der Waals surface area contributed by atoms with Gasteiger partial charge in [-0.15, -0.1) is 0 Å². The van der Waals surface area contributed by atoms with Gasteiger partial charge < -0.3 is 5.11 Å². The SMILES string of the molecule is CCC(C)(CC(F)(F)F)/C(O)=C(\C)C(=O)C1(C)CCCCC1. The van der Waals surface area contributed by atoms with E-state index < -0.39 is 29.2 Å². The Morgan fingerprint density at radius 3 is 2.09 bits per heavy atom. The number of rotatable bonds is 5. The number of allylic oxidation sites excluding steroid dienone is 2. The van der Waals surface area contributed by atoms with Gasteiger partial charge in [-0.3, -0.25) is 4.79 Å². The Kier molecular flexibility index (Phi) is 5.74. The Balaban J connectivity index is 3.10. The number of Topliss-reactive ketones (excluding diaryl/α,β-unsaturated/α-hetero) is 1. The number of aliphatic hydroxyl groups excluding tert-OH is 1. The van der Waals surface area contributed by atoms with Gasteiger partial charge in [0.1, 0.15) is 5.76 Å². The second kappa shape index (κ2) is 6.63. The van der Waals surface area contributed by atoms with E-state index >= 15 is 0 Å². The molecule has 5 heteroatoms. The van der Waals surface area contributed by atoms with Crippen LogP contribution in [0.4, 0.5) is 13.2 Å². The third-order valence-corrected chi connectivity index (χ3v) is 5.14. The maximum atomic E-state index is 12.8. The van der Waals surface area contributed by atoms with Gasteiger partial charge in [-0.2, -0.15) is 13.2 Å². The lowest BCUT2D eigenvalue weighted by molar-refractivity contribution is -0.156. The van der Waals surface area contributed by atoms with Crippen LogP contribution >= 0.6 is 0 Å². The lowest BCUT2D eigenvalue weighted by Gasteiger charge is -2.35. The predicted octanol–water partition coefficient (Wildman–Crippen LogP) is 5.73. The first-order chi connectivity index (χ1) is 9.95. The highest BCUT2D eigenvalue weighted by atomic mass is 19.4. The van der Waals surface area contributed by atoms with Crippen LogP contribution in [-0.4, -0.2) is 17.1 Å². The van der Waals surface area contributed by atoms with E-state index in [1.807, 2.05) is 6.92 Å². The van der Waals surface area contributed by atoms with E-state index in [0.29, 0.717) is 0 Å². The Bertz CT molecular complexity index is 445. The molecule has 0 aromatic rings. The normalized spacial score (nSPS) is 22.7. The molecule has 1 aliphatic carbocycles. The number of hydrogen-bond acceptors (Lipinski definition) is 2. The summed E-state index contributed by atoms with van der Waals surface area (Å²) in [5, 5.41) is 10.4. The summed E-state index contributed by atoms with van der Waals surface area (Å²) < 4.78 is 38.3. The second-order valence-corrected chi connectivity index (χ2v) is 7.13. The van der Waals surface area contributed by atoms with E-state index in [1.165, 1.54) is 13.8 Å². The molecule has 0 saturated heterocycles. The van der Waals surface area contributed by atoms with Crippen LogP contribution in [0.1, 0.15) is 72.6 Å². The van der Waals surface area contributed by atoms with Gasteiger partial charge in [0, 0.05) is 16.4 Å². The number of carbonyl (C=O) groups is 1. The molecule has 0 heterocycles. The van der Waals surface area contributed by atoms with Crippen molar-refractivity contribution in [1.29, 1.82) is 0 Å². The molecule has 128 valence electrons. The number of alkyl halides is 3. The maximum absolute atomic E-state index is 12.8. The van der Waals surface area contributed by atoms with Crippen LogP contribution in [0.3, 0.4) is 0 Å². The minimum absolute atomic E-state index is 0.0954. The maximum Gasteiger partial charge on any atom is 0.390 e. The molecule has 22 heavy (non-hydrogen) atoms. The predicted molar refractivity (Wildman–Crippen MR) is 80.6 cm³/mol. The molecular formula is C17H27F3O2. The first-order valence-corrected chi connectivity index (χ1v) is 7.97. The fourth-order valence-corrected chi connectivity index (χ4v) is 3.39. The zero-order valence-corrected chi connectivity index (χ0v) is 13.9. The van der Waals surface area contributed by atoms with Crippen LogP contribution in [0.15, 0.2) is 11.3 Å². The van der Waals surface area contributed by atoms with E-state index in [2.05, 4.69) is 0 Å². The molecule has 1 atom stereocenters. The van der Waals surface area contributed by atoms with Crippen molar-refractivity contribution < 1.29 is 23.1 Å². The largest absolute Gasteiger partial charge is 0.511 e. The summed E-state index contributed by atoms with van der Waals surface area (Å²) in [6.07, 6.45) is -0.927. The lowest BCUT2D eigenvalue weighted by atomic mass is 9.69. The van der Waals surface area contributed by atoms with E-state index in [1.54, 1.807) is 6.92 Å². The third-order valence-electron chi connectivity index (χ3n) is 5.14. The topological polar surface area (TPSA) is 37.3 Å². The summed E-state index contributed by atoms with van der Waals surface area (Å²) in [4.78, 5) is 12.7. The molecule has 0 radical (unpaired) electrons. The summed E-state index contributed by atoms with van der Waals surface area (Å²) in [5.74, 6) is -0.601. The molecular weight excluding hydrogens is 293 g/mol. The van der Waals surface area contributed by atoms with Crippen molar-refractivity contribution in [3.63, 3.8) is 0 Å². The first kappa shape index (κ1) is 19.0. The quantitative estimate of drug-likeness (QED) is 0.519. The highest BCUT2D eigenvalue weighted by molar-refractivity contribution is 5.99. The van der Waals surface area contributed by atoms with Crippen LogP contribution in [0, 0.1) is 10.8 Å². The van der Waals surface area contributed by atoms with Crippen LogP contribution < -0.4 is 0 Å². The smallest absolute Gasteiger partial charge is 0.390 e. The van der Waals surface area contributed by atoms with Crippen molar-refractivity contribution in [1.82, 2.24) is 0 Å². The Labute approximate surface area is 130 Å². The van der Waals surface area contributed by atoms with Gasteiger partial charge in [0.2, 0.25) is 0 Å². The molecule has 0 aromatic heterocycles. The van der Waals surface area contributed by atoms with Crippen LogP contribution in [0.2, 0.25) is 0 Å². The minimum Gasteiger partial charge on any atom is -0.511 e. The van der Waals surface area contributed by atoms with Gasteiger partial charge in [-0.1, -0.05) is 40.0 Å². The van der Waals surface area contributed by atoms with Gasteiger partial charge in [0.05, 0.1) is 6.42 Å². The summed E-state index contributed by atoms with van der Waals surface area (Å²) >= 11 is 0. The summed E-state index contributed by atoms with van der Waals surface area (Å²) in [5.41, 5.74) is -1.90. The lowest BCUT2D eigenvalue weighted by Crippen LogP contribution is -2.34.